The molecule has 0 spiro atoms. The van der Waals surface area contributed by atoms with Crippen molar-refractivity contribution in [2.75, 3.05) is 46.2 Å². The number of nitro groups is 1. The number of aliphatic hydroxyl groups excluding tert-OH is 3. The van der Waals surface area contributed by atoms with Crippen molar-refractivity contribution in [3.05, 3.63) is 159 Å². The molecule has 1 amide bonds. The largest absolute Gasteiger partial charge is 0.489 e. The lowest BCUT2D eigenvalue weighted by Crippen LogP contribution is -2.70. The topological polar surface area (TPSA) is 206 Å². The quantitative estimate of drug-likeness (QED) is 0.0249. The number of ether oxygens (including phenoxy) is 4. The summed E-state index contributed by atoms with van der Waals surface area (Å²) in [7, 11) is 0. The van der Waals surface area contributed by atoms with Crippen LogP contribution in [0.15, 0.2) is 120 Å². The number of amides is 1. The fraction of sp³-hybridized carbons (Fsp3) is 0.415. The van der Waals surface area contributed by atoms with E-state index in [1.54, 1.807) is 71.6 Å². The number of oxime groups is 1. The molecular weight excluding hydrogens is 888 g/mol. The number of aliphatic hydroxyl groups is 3. The van der Waals surface area contributed by atoms with Crippen LogP contribution in [-0.4, -0.2) is 94.8 Å². The lowest BCUT2D eigenvalue weighted by Gasteiger charge is -2.60. The van der Waals surface area contributed by atoms with Crippen LogP contribution in [0.1, 0.15) is 83.5 Å². The molecule has 364 valence electrons. The van der Waals surface area contributed by atoms with Gasteiger partial charge in [0.05, 0.1) is 54.6 Å². The van der Waals surface area contributed by atoms with Crippen molar-refractivity contribution in [3.63, 3.8) is 0 Å². The Morgan fingerprint density at radius 3 is 2.42 bits per heavy atom. The highest BCUT2D eigenvalue weighted by Crippen LogP contribution is 2.62. The average Bonchev–Trinajstić information content (AvgIpc) is 3.37. The molecule has 4 aromatic rings. The molecule has 1 aliphatic heterocycles. The van der Waals surface area contributed by atoms with Gasteiger partial charge in [0.2, 0.25) is 5.79 Å². The van der Waals surface area contributed by atoms with Gasteiger partial charge in [0.15, 0.2) is 0 Å². The molecule has 0 bridgehead atoms. The number of carbonyl (C=O) groups excluding carboxylic acids is 1. The Morgan fingerprint density at radius 2 is 1.72 bits per heavy atom. The number of halogens is 1. The van der Waals surface area contributed by atoms with Gasteiger partial charge >= 0.3 is 0 Å². The predicted octanol–water partition coefficient (Wildman–Crippen LogP) is 8.17. The van der Waals surface area contributed by atoms with Crippen LogP contribution in [0, 0.1) is 45.0 Å². The number of fused-ring (bicyclic) bond motifs is 2. The summed E-state index contributed by atoms with van der Waals surface area (Å²) >= 11 is 0. The minimum atomic E-state index is -1.62. The molecule has 1 heterocycles. The maximum absolute atomic E-state index is 15.2. The van der Waals surface area contributed by atoms with Gasteiger partial charge in [0, 0.05) is 60.9 Å². The zero-order valence-corrected chi connectivity index (χ0v) is 38.5. The summed E-state index contributed by atoms with van der Waals surface area (Å²) in [4.78, 5) is 33.9. The maximum atomic E-state index is 15.2. The van der Waals surface area contributed by atoms with E-state index >= 15 is 4.79 Å². The summed E-state index contributed by atoms with van der Waals surface area (Å²) in [5.74, 6) is -2.68. The molecule has 0 saturated heterocycles. The average molecular weight is 947 g/mol. The molecular formula is C53H59FN4O11. The van der Waals surface area contributed by atoms with Crippen LogP contribution in [0.5, 0.6) is 11.5 Å². The molecule has 3 aliphatic rings. The second-order valence-corrected chi connectivity index (χ2v) is 17.4. The summed E-state index contributed by atoms with van der Waals surface area (Å²) in [5, 5.41) is 55.5. The van der Waals surface area contributed by atoms with Crippen molar-refractivity contribution in [2.45, 2.75) is 75.9 Å². The van der Waals surface area contributed by atoms with Gasteiger partial charge in [-0.2, -0.15) is 5.26 Å². The zero-order valence-electron chi connectivity index (χ0n) is 38.5. The van der Waals surface area contributed by atoms with Gasteiger partial charge in [-0.3, -0.25) is 14.9 Å². The predicted molar refractivity (Wildman–Crippen MR) is 254 cm³/mol. The number of nitro benzene ring substituents is 1. The van der Waals surface area contributed by atoms with E-state index in [4.69, 9.17) is 28.9 Å². The van der Waals surface area contributed by atoms with Crippen molar-refractivity contribution in [1.82, 2.24) is 4.90 Å². The SMILES string of the molecule is C=CCO[C@@]12Oc3ccc(OCc4ccccc4F)cc3[C@H]3[C@H](CCCCO)[C@@H](CCCCO)C=C(C(=NOCc4ccc([N+](=O)[O-])cc4)C[C@@H]1N(CCOCCO)C(=O)c1ccc(C#N)cc1)[C@H]32. The minimum Gasteiger partial charge on any atom is -0.489 e. The molecule has 7 rings (SSSR count). The van der Waals surface area contributed by atoms with Crippen LogP contribution >= 0.6 is 0 Å². The van der Waals surface area contributed by atoms with E-state index in [9.17, 15) is 35.1 Å². The molecule has 2 aliphatic carbocycles. The Labute approximate surface area is 401 Å². The Balaban J connectivity index is 1.43. The number of benzene rings is 4. The van der Waals surface area contributed by atoms with Gasteiger partial charge in [0.25, 0.3) is 11.6 Å². The molecule has 0 radical (unpaired) electrons. The van der Waals surface area contributed by atoms with Crippen LogP contribution in [-0.2, 0) is 27.5 Å². The number of allylic oxidation sites excluding steroid dienone is 1. The summed E-state index contributed by atoms with van der Waals surface area (Å²) in [6, 6.07) is 25.4. The summed E-state index contributed by atoms with van der Waals surface area (Å²) in [6.07, 6.45) is 7.85. The van der Waals surface area contributed by atoms with Crippen molar-refractivity contribution < 1.29 is 53.2 Å². The minimum absolute atomic E-state index is 0.00689. The molecule has 6 atom stereocenters. The zero-order chi connectivity index (χ0) is 48.8. The number of nitrogens with zero attached hydrogens (tertiary/aromatic N) is 4. The number of unbranched alkanes of at least 4 members (excludes halogenated alkanes) is 2. The van der Waals surface area contributed by atoms with E-state index < -0.39 is 40.3 Å². The molecule has 4 aromatic carbocycles. The molecule has 16 heteroatoms. The van der Waals surface area contributed by atoms with Gasteiger partial charge in [-0.05, 0) is 109 Å². The third kappa shape index (κ3) is 11.7. The van der Waals surface area contributed by atoms with Crippen molar-refractivity contribution >= 4 is 17.3 Å². The van der Waals surface area contributed by atoms with E-state index in [1.807, 2.05) is 12.1 Å². The molecule has 1 saturated carbocycles. The highest BCUT2D eigenvalue weighted by atomic mass is 19.1. The molecule has 0 aromatic heterocycles. The highest BCUT2D eigenvalue weighted by Gasteiger charge is 2.65. The van der Waals surface area contributed by atoms with Crippen LogP contribution in [0.2, 0.25) is 0 Å². The number of nitriles is 1. The first-order valence-electron chi connectivity index (χ1n) is 23.5. The molecule has 15 nitrogen and oxygen atoms in total. The molecule has 69 heavy (non-hydrogen) atoms. The van der Waals surface area contributed by atoms with Gasteiger partial charge in [-0.15, -0.1) is 6.58 Å². The smallest absolute Gasteiger partial charge is 0.269 e. The van der Waals surface area contributed by atoms with Crippen molar-refractivity contribution in [3.8, 4) is 17.6 Å². The number of rotatable bonds is 25. The van der Waals surface area contributed by atoms with E-state index in [1.165, 1.54) is 18.2 Å². The Hall–Kier alpha value is -6.48. The molecule has 0 unspecified atom stereocenters. The Kier molecular flexibility index (Phi) is 17.7. The second kappa shape index (κ2) is 24.2. The summed E-state index contributed by atoms with van der Waals surface area (Å²) in [6.45, 7) is 3.85. The van der Waals surface area contributed by atoms with E-state index in [0.29, 0.717) is 71.6 Å². The molecule has 3 N–H and O–H groups in total. The number of non-ortho nitro benzene ring substituents is 1. The lowest BCUT2D eigenvalue weighted by molar-refractivity contribution is -0.384. The van der Waals surface area contributed by atoms with Crippen LogP contribution in [0.25, 0.3) is 0 Å². The van der Waals surface area contributed by atoms with Crippen molar-refractivity contribution in [2.24, 2.45) is 22.9 Å². The third-order valence-corrected chi connectivity index (χ3v) is 13.2. The second-order valence-electron chi connectivity index (χ2n) is 17.4. The fourth-order valence-electron chi connectivity index (χ4n) is 9.99. The normalized spacial score (nSPS) is 21.8. The number of carbonyl (C=O) groups is 1. The van der Waals surface area contributed by atoms with Crippen LogP contribution < -0.4 is 9.47 Å². The van der Waals surface area contributed by atoms with Crippen molar-refractivity contribution in [1.29, 1.82) is 5.26 Å². The number of hydrogen-bond acceptors (Lipinski definition) is 13. The first kappa shape index (κ1) is 50.4. The maximum Gasteiger partial charge on any atom is 0.269 e. The Bertz CT molecular complexity index is 2490. The summed E-state index contributed by atoms with van der Waals surface area (Å²) < 4.78 is 41.4. The Morgan fingerprint density at radius 1 is 0.971 bits per heavy atom. The van der Waals surface area contributed by atoms with Crippen LogP contribution in [0.4, 0.5) is 10.1 Å². The first-order valence-corrected chi connectivity index (χ1v) is 23.5. The van der Waals surface area contributed by atoms with Gasteiger partial charge in [0.1, 0.15) is 36.6 Å². The van der Waals surface area contributed by atoms with Crippen LogP contribution in [0.3, 0.4) is 0 Å². The number of hydrogen-bond donors (Lipinski definition) is 3. The lowest BCUT2D eigenvalue weighted by atomic mass is 9.55. The standard InChI is InChI=1S/C53H59FN4O11/c1-2-27-67-53-49(57(23-28-65-29-26-61)52(62)38-17-13-36(33-55)14-18-38)32-47(56-68-34-37-15-19-41(20-16-37)58(63)64)44-30-39(9-5-7-24-59)43(11-6-8-25-60)50(51(44)53)45-31-42(21-22-48(45)69-53)66-35-40-10-3-4-12-46(40)54/h2-4,10,12-22,30-31,39,43,49-51,59-61H,1,5-9,11,23-29,32,34-35H2/t39-,43+,49-,50+,51+,53+/m0/s1. The fourth-order valence-corrected chi connectivity index (χ4v) is 9.99. The van der Waals surface area contributed by atoms with Gasteiger partial charge in [-0.25, -0.2) is 4.39 Å². The van der Waals surface area contributed by atoms with E-state index in [-0.39, 0.29) is 83.3 Å². The molecule has 1 fully saturated rings. The highest BCUT2D eigenvalue weighted by molar-refractivity contribution is 6.03. The van der Waals surface area contributed by atoms with Gasteiger partial charge in [-0.1, -0.05) is 48.3 Å². The first-order chi connectivity index (χ1) is 33.7. The monoisotopic (exact) mass is 946 g/mol. The van der Waals surface area contributed by atoms with E-state index in [0.717, 1.165) is 17.6 Å². The summed E-state index contributed by atoms with van der Waals surface area (Å²) in [5.41, 5.74) is 3.73. The third-order valence-electron chi connectivity index (χ3n) is 13.2. The van der Waals surface area contributed by atoms with Gasteiger partial charge < -0.3 is 44.0 Å². The van der Waals surface area contributed by atoms with E-state index in [2.05, 4.69) is 18.7 Å².